The highest BCUT2D eigenvalue weighted by Crippen LogP contribution is 2.32. The number of benzene rings is 4. The van der Waals surface area contributed by atoms with Gasteiger partial charge in [-0.25, -0.2) is 16.8 Å². The number of hydrogen-bond acceptors (Lipinski definition) is 10. The van der Waals surface area contributed by atoms with E-state index in [1.165, 1.54) is 50.2 Å². The average Bonchev–Trinajstić information content (AvgIpc) is 3.19. The first-order valence-corrected chi connectivity index (χ1v) is 22.6. The van der Waals surface area contributed by atoms with E-state index in [4.69, 9.17) is 46.4 Å². The van der Waals surface area contributed by atoms with Crippen LogP contribution in [0, 0.1) is 0 Å². The molecular formula is C42H36Cl4N4O8S2. The second-order valence-electron chi connectivity index (χ2n) is 13.3. The van der Waals surface area contributed by atoms with Crippen LogP contribution in [-0.4, -0.2) is 72.5 Å². The van der Waals surface area contributed by atoms with Crippen LogP contribution in [-0.2, 0) is 19.7 Å². The number of rotatable bonds is 12. The molecule has 0 bridgehead atoms. The fraction of sp³-hybridized carbons (Fsp3) is 0.143. The minimum Gasteiger partial charge on any atom is -0.392 e. The van der Waals surface area contributed by atoms with Crippen molar-refractivity contribution in [2.45, 2.75) is 35.8 Å². The number of aliphatic hydroxyl groups is 2. The number of pyridine rings is 2. The number of aromatic nitrogens is 2. The fourth-order valence-corrected chi connectivity index (χ4v) is 9.51. The molecule has 2 atom stereocenters. The quantitative estimate of drug-likeness (QED) is 0.0921. The number of sulfone groups is 2. The largest absolute Gasteiger partial charge is 0.392 e. The van der Waals surface area contributed by atoms with E-state index in [1.54, 1.807) is 73.1 Å². The Kier molecular flexibility index (Phi) is 15.5. The zero-order valence-corrected chi connectivity index (χ0v) is 36.3. The van der Waals surface area contributed by atoms with Gasteiger partial charge in [0.1, 0.15) is 0 Å². The number of nitrogens with one attached hydrogen (secondary N) is 2. The van der Waals surface area contributed by atoms with Crippen molar-refractivity contribution in [2.75, 3.05) is 22.1 Å². The van der Waals surface area contributed by atoms with Gasteiger partial charge in [-0.3, -0.25) is 19.6 Å². The first-order chi connectivity index (χ1) is 28.3. The zero-order valence-electron chi connectivity index (χ0n) is 31.7. The molecule has 6 rings (SSSR count). The Morgan fingerprint density at radius 3 is 1.25 bits per heavy atom. The zero-order chi connectivity index (χ0) is 43.8. The van der Waals surface area contributed by atoms with E-state index < -0.39 is 55.2 Å². The smallest absolute Gasteiger partial charge is 0.257 e. The Bertz CT molecular complexity index is 2550. The summed E-state index contributed by atoms with van der Waals surface area (Å²) in [6.07, 6.45) is 1.25. The van der Waals surface area contributed by atoms with Crippen LogP contribution in [0.4, 0.5) is 11.4 Å². The lowest BCUT2D eigenvalue weighted by molar-refractivity contribution is 0.101. The Labute approximate surface area is 367 Å². The van der Waals surface area contributed by atoms with Gasteiger partial charge in [0.2, 0.25) is 0 Å². The summed E-state index contributed by atoms with van der Waals surface area (Å²) in [5.41, 5.74) is 3.80. The molecule has 312 valence electrons. The summed E-state index contributed by atoms with van der Waals surface area (Å²) in [4.78, 5) is 33.7. The first-order valence-electron chi connectivity index (χ1n) is 17.8. The van der Waals surface area contributed by atoms with Gasteiger partial charge in [-0.1, -0.05) is 58.5 Å². The van der Waals surface area contributed by atoms with Crippen LogP contribution in [0.25, 0.3) is 22.5 Å². The van der Waals surface area contributed by atoms with Crippen LogP contribution in [0.5, 0.6) is 0 Å². The Hall–Kier alpha value is -4.90. The predicted octanol–water partition coefficient (Wildman–Crippen LogP) is 8.92. The van der Waals surface area contributed by atoms with Gasteiger partial charge in [-0.05, 0) is 111 Å². The predicted molar refractivity (Wildman–Crippen MR) is 236 cm³/mol. The SMILES string of the molecule is C[C@@H](O)CS(=O)(=O)c1ccc(C(=O)Nc2ccc(Cl)c(-c3ccccn3)c2)c(Cl)c1.C[C@H](O)CS(=O)(=O)c1ccc(C(=O)Nc2ccc(Cl)c(-c3ccccn3)c2)c(Cl)c1. The molecule has 6 aromatic rings. The third-order valence-corrected chi connectivity index (χ3v) is 13.4. The lowest BCUT2D eigenvalue weighted by atomic mass is 10.1. The maximum Gasteiger partial charge on any atom is 0.257 e. The Morgan fingerprint density at radius 1 is 0.550 bits per heavy atom. The molecule has 0 radical (unpaired) electrons. The highest BCUT2D eigenvalue weighted by atomic mass is 35.5. The van der Waals surface area contributed by atoms with Crippen molar-refractivity contribution in [1.82, 2.24) is 9.97 Å². The fourth-order valence-electron chi connectivity index (χ4n) is 5.61. The highest BCUT2D eigenvalue weighted by molar-refractivity contribution is 7.91. The van der Waals surface area contributed by atoms with Crippen molar-refractivity contribution in [2.24, 2.45) is 0 Å². The molecule has 4 aromatic carbocycles. The molecule has 0 aliphatic heterocycles. The third kappa shape index (κ3) is 12.1. The monoisotopic (exact) mass is 928 g/mol. The molecule has 0 fully saturated rings. The molecule has 0 aliphatic carbocycles. The van der Waals surface area contributed by atoms with Gasteiger partial charge in [0, 0.05) is 34.9 Å². The van der Waals surface area contributed by atoms with E-state index in [9.17, 15) is 36.6 Å². The van der Waals surface area contributed by atoms with Crippen molar-refractivity contribution in [3.63, 3.8) is 0 Å². The average molecular weight is 931 g/mol. The summed E-state index contributed by atoms with van der Waals surface area (Å²) >= 11 is 24.8. The van der Waals surface area contributed by atoms with E-state index in [0.717, 1.165) is 0 Å². The van der Waals surface area contributed by atoms with Gasteiger partial charge < -0.3 is 20.8 Å². The van der Waals surface area contributed by atoms with E-state index in [-0.39, 0.29) is 31.0 Å². The Morgan fingerprint density at radius 2 is 0.933 bits per heavy atom. The first kappa shape index (κ1) is 46.2. The number of hydrogen-bond donors (Lipinski definition) is 4. The van der Waals surface area contributed by atoms with E-state index in [2.05, 4.69) is 20.6 Å². The van der Waals surface area contributed by atoms with Crippen LogP contribution in [0.1, 0.15) is 34.6 Å². The normalized spacial score (nSPS) is 12.4. The maximum atomic E-state index is 12.7. The van der Waals surface area contributed by atoms with Gasteiger partial charge in [-0.2, -0.15) is 0 Å². The Balaban J connectivity index is 0.000000228. The maximum absolute atomic E-state index is 12.7. The highest BCUT2D eigenvalue weighted by Gasteiger charge is 2.22. The van der Waals surface area contributed by atoms with Crippen molar-refractivity contribution in [3.05, 3.63) is 153 Å². The topological polar surface area (TPSA) is 193 Å². The molecule has 2 amide bonds. The lowest BCUT2D eigenvalue weighted by Crippen LogP contribution is -2.18. The summed E-state index contributed by atoms with van der Waals surface area (Å²) in [7, 11) is -7.42. The van der Waals surface area contributed by atoms with Crippen LogP contribution in [0.3, 0.4) is 0 Å². The van der Waals surface area contributed by atoms with Crippen molar-refractivity contribution < 1.29 is 36.6 Å². The minimum atomic E-state index is -3.71. The summed E-state index contributed by atoms with van der Waals surface area (Å²) in [5, 5.41) is 25.1. The molecule has 18 heteroatoms. The number of halogens is 4. The van der Waals surface area contributed by atoms with Crippen LogP contribution >= 0.6 is 46.4 Å². The van der Waals surface area contributed by atoms with E-state index in [0.29, 0.717) is 43.9 Å². The number of carbonyl (C=O) groups excluding carboxylic acids is 2. The van der Waals surface area contributed by atoms with Gasteiger partial charge in [0.15, 0.2) is 19.7 Å². The summed E-state index contributed by atoms with van der Waals surface area (Å²) in [6, 6.07) is 28.5. The van der Waals surface area contributed by atoms with Gasteiger partial charge in [0.25, 0.3) is 11.8 Å². The number of nitrogens with zero attached hydrogens (tertiary/aromatic N) is 2. The lowest BCUT2D eigenvalue weighted by Gasteiger charge is -2.11. The van der Waals surface area contributed by atoms with Crippen LogP contribution in [0.15, 0.2) is 131 Å². The minimum absolute atomic E-state index is 0.0157. The molecule has 60 heavy (non-hydrogen) atoms. The second-order valence-corrected chi connectivity index (χ2v) is 19.0. The summed E-state index contributed by atoms with van der Waals surface area (Å²) in [5.74, 6) is -1.88. The van der Waals surface area contributed by atoms with Crippen molar-refractivity contribution in [1.29, 1.82) is 0 Å². The summed E-state index contributed by atoms with van der Waals surface area (Å²) < 4.78 is 48.9. The molecule has 12 nitrogen and oxygen atoms in total. The number of carbonyl (C=O) groups is 2. The van der Waals surface area contributed by atoms with Gasteiger partial charge >= 0.3 is 0 Å². The second kappa shape index (κ2) is 20.1. The molecule has 0 spiro atoms. The standard InChI is InChI=1S/2C21H18Cl2N2O4S/c2*1-13(26)12-30(28,29)15-6-7-16(19(23)11-15)21(27)25-14-5-8-18(22)17(10-14)20-4-2-3-9-24-20/h2*2-11,13,26H,12H2,1H3,(H,25,27)/t2*13-/m10/s1. The van der Waals surface area contributed by atoms with Crippen molar-refractivity contribution >= 4 is 89.3 Å². The number of anilines is 2. The van der Waals surface area contributed by atoms with E-state index >= 15 is 0 Å². The summed E-state index contributed by atoms with van der Waals surface area (Å²) in [6.45, 7) is 2.76. The molecule has 0 saturated heterocycles. The molecule has 2 aromatic heterocycles. The molecule has 0 aliphatic rings. The van der Waals surface area contributed by atoms with Gasteiger partial charge in [0.05, 0.1) is 76.1 Å². The number of aliphatic hydroxyl groups excluding tert-OH is 2. The third-order valence-electron chi connectivity index (χ3n) is 8.34. The molecular weight excluding hydrogens is 894 g/mol. The molecule has 2 heterocycles. The van der Waals surface area contributed by atoms with Crippen molar-refractivity contribution in [3.8, 4) is 22.5 Å². The molecule has 0 saturated carbocycles. The molecule has 0 unspecified atom stereocenters. The van der Waals surface area contributed by atoms with Crippen LogP contribution in [0.2, 0.25) is 20.1 Å². The van der Waals surface area contributed by atoms with Crippen LogP contribution < -0.4 is 10.6 Å². The number of amides is 2. The molecule has 4 N–H and O–H groups in total. The van der Waals surface area contributed by atoms with E-state index in [1.807, 2.05) is 12.1 Å². The van der Waals surface area contributed by atoms with Gasteiger partial charge in [-0.15, -0.1) is 0 Å².